The van der Waals surface area contributed by atoms with Crippen molar-refractivity contribution in [3.8, 4) is 11.5 Å². The number of ketones is 1. The van der Waals surface area contributed by atoms with Crippen molar-refractivity contribution in [2.75, 3.05) is 51.3 Å². The fraction of sp³-hybridized carbons (Fsp3) is 0.417. The number of hydrogen-bond acceptors (Lipinski definition) is 6. The summed E-state index contributed by atoms with van der Waals surface area (Å²) < 4.78 is 24.6. The lowest BCUT2D eigenvalue weighted by Gasteiger charge is -2.35. The van der Waals surface area contributed by atoms with Crippen molar-refractivity contribution in [1.82, 2.24) is 15.1 Å². The molecule has 170 valence electrons. The SMILES string of the molecule is COc1cc(C(C)=O)ccc1OCCCCN1CCN(c2n[nH]c3cc(F)ccc23)CC1. The van der Waals surface area contributed by atoms with Gasteiger partial charge in [-0.3, -0.25) is 14.8 Å². The van der Waals surface area contributed by atoms with E-state index in [0.29, 0.717) is 23.7 Å². The molecule has 0 amide bonds. The summed E-state index contributed by atoms with van der Waals surface area (Å²) in [4.78, 5) is 16.2. The third kappa shape index (κ3) is 5.02. The van der Waals surface area contributed by atoms with Crippen molar-refractivity contribution in [3.05, 3.63) is 47.8 Å². The normalized spacial score (nSPS) is 14.7. The summed E-state index contributed by atoms with van der Waals surface area (Å²) in [6, 6.07) is 10.0. The van der Waals surface area contributed by atoms with Crippen LogP contribution in [0.15, 0.2) is 36.4 Å². The molecule has 4 rings (SSSR count). The molecule has 0 aliphatic carbocycles. The van der Waals surface area contributed by atoms with Crippen molar-refractivity contribution in [1.29, 1.82) is 0 Å². The number of nitrogens with one attached hydrogen (secondary N) is 1. The Morgan fingerprint density at radius 2 is 1.91 bits per heavy atom. The lowest BCUT2D eigenvalue weighted by Crippen LogP contribution is -2.46. The van der Waals surface area contributed by atoms with Crippen molar-refractivity contribution >= 4 is 22.5 Å². The number of aromatic nitrogens is 2. The molecule has 0 radical (unpaired) electrons. The molecule has 0 bridgehead atoms. The van der Waals surface area contributed by atoms with Crippen LogP contribution in [0.4, 0.5) is 10.2 Å². The summed E-state index contributed by atoms with van der Waals surface area (Å²) in [5, 5.41) is 8.29. The summed E-state index contributed by atoms with van der Waals surface area (Å²) in [7, 11) is 1.58. The first kappa shape index (κ1) is 22.1. The minimum Gasteiger partial charge on any atom is -0.493 e. The Hall–Kier alpha value is -3.13. The smallest absolute Gasteiger partial charge is 0.161 e. The standard InChI is InChI=1S/C24H29FN4O3/c1-17(30)18-5-8-22(23(15-18)31-2)32-14-4-3-9-28-10-12-29(13-11-28)24-20-7-6-19(25)16-21(20)26-27-24/h5-8,15-16H,3-4,9-14H2,1-2H3,(H,26,27). The molecule has 1 fully saturated rings. The van der Waals surface area contributed by atoms with Crippen LogP contribution in [0.1, 0.15) is 30.1 Å². The number of H-pyrrole nitrogens is 1. The van der Waals surface area contributed by atoms with Gasteiger partial charge in [-0.2, -0.15) is 5.10 Å². The first-order chi connectivity index (χ1) is 15.5. The Morgan fingerprint density at radius 1 is 1.09 bits per heavy atom. The lowest BCUT2D eigenvalue weighted by molar-refractivity contribution is 0.101. The first-order valence-corrected chi connectivity index (χ1v) is 11.0. The van der Waals surface area contributed by atoms with Crippen molar-refractivity contribution < 1.29 is 18.7 Å². The van der Waals surface area contributed by atoms with Crippen LogP contribution in [-0.4, -0.2) is 67.3 Å². The van der Waals surface area contributed by atoms with E-state index in [4.69, 9.17) is 9.47 Å². The zero-order chi connectivity index (χ0) is 22.5. The average Bonchev–Trinajstić information content (AvgIpc) is 3.22. The van der Waals surface area contributed by atoms with E-state index in [0.717, 1.165) is 62.3 Å². The van der Waals surface area contributed by atoms with Crippen LogP contribution in [0.25, 0.3) is 10.9 Å². The predicted molar refractivity (Wildman–Crippen MR) is 122 cm³/mol. The monoisotopic (exact) mass is 440 g/mol. The van der Waals surface area contributed by atoms with Gasteiger partial charge in [0.05, 0.1) is 19.2 Å². The van der Waals surface area contributed by atoms with Crippen LogP contribution in [-0.2, 0) is 0 Å². The highest BCUT2D eigenvalue weighted by molar-refractivity contribution is 5.94. The van der Waals surface area contributed by atoms with Gasteiger partial charge < -0.3 is 14.4 Å². The summed E-state index contributed by atoms with van der Waals surface area (Å²) in [6.45, 7) is 6.89. The largest absolute Gasteiger partial charge is 0.493 e. The fourth-order valence-electron chi connectivity index (χ4n) is 4.03. The zero-order valence-corrected chi connectivity index (χ0v) is 18.6. The van der Waals surface area contributed by atoms with Gasteiger partial charge >= 0.3 is 0 Å². The molecule has 0 spiro atoms. The minimum absolute atomic E-state index is 0.00400. The summed E-state index contributed by atoms with van der Waals surface area (Å²) in [6.07, 6.45) is 1.98. The van der Waals surface area contributed by atoms with Gasteiger partial charge in [0.2, 0.25) is 0 Å². The number of anilines is 1. The van der Waals surface area contributed by atoms with E-state index >= 15 is 0 Å². The van der Waals surface area contributed by atoms with Crippen LogP contribution in [0.5, 0.6) is 11.5 Å². The van der Waals surface area contributed by atoms with Crippen LogP contribution in [0.2, 0.25) is 0 Å². The summed E-state index contributed by atoms with van der Waals surface area (Å²) >= 11 is 0. The molecule has 2 heterocycles. The Labute approximate surface area is 187 Å². The molecule has 1 aliphatic heterocycles. The molecular weight excluding hydrogens is 411 g/mol. The number of fused-ring (bicyclic) bond motifs is 1. The van der Waals surface area contributed by atoms with Gasteiger partial charge in [-0.1, -0.05) is 0 Å². The molecule has 3 aromatic rings. The van der Waals surface area contributed by atoms with Crippen molar-refractivity contribution in [2.24, 2.45) is 0 Å². The van der Waals surface area contributed by atoms with Gasteiger partial charge in [0.15, 0.2) is 23.1 Å². The lowest BCUT2D eigenvalue weighted by atomic mass is 10.1. The molecule has 2 aromatic carbocycles. The minimum atomic E-state index is -0.256. The number of nitrogens with zero attached hydrogens (tertiary/aromatic N) is 3. The molecule has 1 N–H and O–H groups in total. The fourth-order valence-corrected chi connectivity index (χ4v) is 4.03. The maximum absolute atomic E-state index is 13.4. The Balaban J connectivity index is 1.19. The molecule has 0 saturated carbocycles. The molecule has 0 atom stereocenters. The molecule has 7 nitrogen and oxygen atoms in total. The molecular formula is C24H29FN4O3. The Morgan fingerprint density at radius 3 is 2.66 bits per heavy atom. The number of unbranched alkanes of at least 4 members (excludes halogenated alkanes) is 1. The second-order valence-electron chi connectivity index (χ2n) is 8.04. The number of rotatable bonds is 9. The van der Waals surface area contributed by atoms with Gasteiger partial charge in [-0.25, -0.2) is 4.39 Å². The quantitative estimate of drug-likeness (QED) is 0.402. The third-order valence-corrected chi connectivity index (χ3v) is 5.87. The number of piperazine rings is 1. The van der Waals surface area contributed by atoms with Gasteiger partial charge in [0, 0.05) is 37.1 Å². The van der Waals surface area contributed by atoms with E-state index in [-0.39, 0.29) is 11.6 Å². The first-order valence-electron chi connectivity index (χ1n) is 11.0. The molecule has 1 aliphatic rings. The van der Waals surface area contributed by atoms with Gasteiger partial charge in [-0.05, 0) is 62.7 Å². The number of ether oxygens (including phenoxy) is 2. The highest BCUT2D eigenvalue weighted by Gasteiger charge is 2.20. The summed E-state index contributed by atoms with van der Waals surface area (Å²) in [5.74, 6) is 1.90. The van der Waals surface area contributed by atoms with Gasteiger partial charge in [-0.15, -0.1) is 0 Å². The second kappa shape index (κ2) is 9.99. The molecule has 1 aromatic heterocycles. The third-order valence-electron chi connectivity index (χ3n) is 5.87. The highest BCUT2D eigenvalue weighted by Crippen LogP contribution is 2.28. The highest BCUT2D eigenvalue weighted by atomic mass is 19.1. The van der Waals surface area contributed by atoms with Gasteiger partial charge in [0.1, 0.15) is 5.82 Å². The van der Waals surface area contributed by atoms with E-state index in [1.54, 1.807) is 31.4 Å². The van der Waals surface area contributed by atoms with Crippen LogP contribution < -0.4 is 14.4 Å². The average molecular weight is 441 g/mol. The number of halogens is 1. The predicted octanol–water partition coefficient (Wildman–Crippen LogP) is 3.89. The van der Waals surface area contributed by atoms with Crippen LogP contribution >= 0.6 is 0 Å². The zero-order valence-electron chi connectivity index (χ0n) is 18.6. The number of aromatic amines is 1. The number of Topliss-reactive ketones (excluding diaryl/α,β-unsaturated/α-hetero) is 1. The van der Waals surface area contributed by atoms with E-state index in [1.165, 1.54) is 19.1 Å². The van der Waals surface area contributed by atoms with E-state index in [9.17, 15) is 9.18 Å². The van der Waals surface area contributed by atoms with Gasteiger partial charge in [0.25, 0.3) is 0 Å². The molecule has 0 unspecified atom stereocenters. The number of benzene rings is 2. The summed E-state index contributed by atoms with van der Waals surface area (Å²) in [5.41, 5.74) is 1.35. The molecule has 1 saturated heterocycles. The number of methoxy groups -OCH3 is 1. The number of carbonyl (C=O) groups is 1. The number of carbonyl (C=O) groups excluding carboxylic acids is 1. The van der Waals surface area contributed by atoms with E-state index in [1.807, 2.05) is 0 Å². The van der Waals surface area contributed by atoms with Crippen molar-refractivity contribution in [2.45, 2.75) is 19.8 Å². The molecule has 32 heavy (non-hydrogen) atoms. The Kier molecular flexibility index (Phi) is 6.90. The van der Waals surface area contributed by atoms with E-state index in [2.05, 4.69) is 20.0 Å². The Bertz CT molecular complexity index is 1080. The van der Waals surface area contributed by atoms with Crippen LogP contribution in [0.3, 0.4) is 0 Å². The topological polar surface area (TPSA) is 70.7 Å². The van der Waals surface area contributed by atoms with E-state index < -0.39 is 0 Å². The molecule has 8 heteroatoms. The van der Waals surface area contributed by atoms with Crippen LogP contribution in [0, 0.1) is 5.82 Å². The number of hydrogen-bond donors (Lipinski definition) is 1. The maximum atomic E-state index is 13.4. The van der Waals surface area contributed by atoms with Crippen molar-refractivity contribution in [3.63, 3.8) is 0 Å². The maximum Gasteiger partial charge on any atom is 0.161 e. The second-order valence-corrected chi connectivity index (χ2v) is 8.04.